The molecular formula is C38H40N4O5S. The van der Waals surface area contributed by atoms with Crippen molar-refractivity contribution in [3.63, 3.8) is 0 Å². The zero-order valence-electron chi connectivity index (χ0n) is 27.7. The van der Waals surface area contributed by atoms with E-state index in [-0.39, 0.29) is 22.1 Å². The third-order valence-electron chi connectivity index (χ3n) is 9.57. The van der Waals surface area contributed by atoms with Crippen molar-refractivity contribution < 1.29 is 24.2 Å². The molecule has 0 unspecified atom stereocenters. The third kappa shape index (κ3) is 6.50. The molecule has 10 heteroatoms. The zero-order chi connectivity index (χ0) is 34.0. The predicted molar refractivity (Wildman–Crippen MR) is 191 cm³/mol. The number of thiophene rings is 1. The number of carbonyl (C=O) groups is 3. The van der Waals surface area contributed by atoms with Gasteiger partial charge in [0.15, 0.2) is 0 Å². The monoisotopic (exact) mass is 664 g/mol. The number of anilines is 3. The average Bonchev–Trinajstić information content (AvgIpc) is 3.52. The zero-order valence-corrected chi connectivity index (χ0v) is 28.5. The maximum absolute atomic E-state index is 14.0. The second-order valence-corrected chi connectivity index (χ2v) is 13.7. The summed E-state index contributed by atoms with van der Waals surface area (Å²) < 4.78 is 5.33. The van der Waals surface area contributed by atoms with Crippen LogP contribution < -0.4 is 15.1 Å². The van der Waals surface area contributed by atoms with Crippen molar-refractivity contribution in [2.24, 2.45) is 5.41 Å². The number of carboxylic acid groups (broad SMARTS) is 1. The molecule has 2 aromatic heterocycles. The number of pyridine rings is 1. The van der Waals surface area contributed by atoms with Gasteiger partial charge in [0, 0.05) is 66.7 Å². The summed E-state index contributed by atoms with van der Waals surface area (Å²) in [6.45, 7) is 8.95. The third-order valence-corrected chi connectivity index (χ3v) is 10.7. The molecule has 4 heterocycles. The van der Waals surface area contributed by atoms with Gasteiger partial charge in [0.2, 0.25) is 0 Å². The van der Waals surface area contributed by atoms with Crippen LogP contribution in [0.25, 0.3) is 11.1 Å². The van der Waals surface area contributed by atoms with Crippen molar-refractivity contribution >= 4 is 57.5 Å². The fraction of sp³-hybridized carbons (Fsp3) is 0.316. The SMILES string of the molecule is CCC1(CCOC)CN(c2ncc(C)cc2C(=O)Nc2ccc(C(=O)N3CCC(c4ccc(C(=O)O)s4)=C(C)c4ccccc43)cc2)C1. The number of nitrogens with one attached hydrogen (secondary N) is 1. The number of carbonyl (C=O) groups excluding carboxylic acids is 2. The van der Waals surface area contributed by atoms with E-state index in [1.165, 1.54) is 11.3 Å². The Kier molecular flexibility index (Phi) is 9.48. The molecule has 0 aliphatic carbocycles. The summed E-state index contributed by atoms with van der Waals surface area (Å²) in [5, 5.41) is 12.5. The summed E-state index contributed by atoms with van der Waals surface area (Å²) in [6.07, 6.45) is 4.38. The summed E-state index contributed by atoms with van der Waals surface area (Å²) in [5.74, 6) is -0.668. The number of benzene rings is 2. The van der Waals surface area contributed by atoms with Gasteiger partial charge in [-0.1, -0.05) is 25.1 Å². The van der Waals surface area contributed by atoms with E-state index in [4.69, 9.17) is 4.74 Å². The van der Waals surface area contributed by atoms with Crippen molar-refractivity contribution in [1.82, 2.24) is 4.98 Å². The van der Waals surface area contributed by atoms with Gasteiger partial charge in [-0.15, -0.1) is 11.3 Å². The molecule has 2 N–H and O–H groups in total. The number of para-hydroxylation sites is 1. The normalized spacial score (nSPS) is 15.4. The van der Waals surface area contributed by atoms with E-state index >= 15 is 0 Å². The Morgan fingerprint density at radius 1 is 1.04 bits per heavy atom. The standard InChI is InChI=1S/C38H40N4O5S/c1-5-38(17-19-47-4)22-41(23-38)34-30(20-24(2)21-39-34)35(43)40-27-12-10-26(11-13-27)36(44)42-18-16-29(32-14-15-33(48-32)37(45)46)25(3)28-8-6-7-9-31(28)42/h6-15,20-21H,5,16-19,22-23H2,1-4H3,(H,40,43)(H,45,46). The van der Waals surface area contributed by atoms with Gasteiger partial charge in [-0.25, -0.2) is 9.78 Å². The summed E-state index contributed by atoms with van der Waals surface area (Å²) in [6, 6.07) is 20.1. The van der Waals surface area contributed by atoms with Gasteiger partial charge in [-0.05, 0) is 98.4 Å². The number of hydrogen-bond acceptors (Lipinski definition) is 7. The average molecular weight is 665 g/mol. The number of allylic oxidation sites excluding steroid dienone is 1. The molecule has 0 radical (unpaired) electrons. The fourth-order valence-electron chi connectivity index (χ4n) is 6.68. The van der Waals surface area contributed by atoms with E-state index < -0.39 is 5.97 Å². The van der Waals surface area contributed by atoms with Crippen molar-refractivity contribution in [2.75, 3.05) is 48.5 Å². The number of aryl methyl sites for hydroxylation is 1. The van der Waals surface area contributed by atoms with Crippen LogP contribution in [0.15, 0.2) is 72.9 Å². The van der Waals surface area contributed by atoms with E-state index in [0.717, 1.165) is 58.8 Å². The number of methoxy groups -OCH3 is 1. The Morgan fingerprint density at radius 3 is 2.48 bits per heavy atom. The molecule has 0 atom stereocenters. The molecule has 2 aliphatic rings. The van der Waals surface area contributed by atoms with Crippen LogP contribution in [0.3, 0.4) is 0 Å². The molecule has 9 nitrogen and oxygen atoms in total. The molecular weight excluding hydrogens is 625 g/mol. The molecule has 0 bridgehead atoms. The van der Waals surface area contributed by atoms with E-state index in [0.29, 0.717) is 42.2 Å². The molecule has 0 spiro atoms. The van der Waals surface area contributed by atoms with Gasteiger partial charge in [-0.2, -0.15) is 0 Å². The second-order valence-electron chi connectivity index (χ2n) is 12.7. The van der Waals surface area contributed by atoms with Crippen molar-refractivity contribution in [3.05, 3.63) is 105 Å². The first-order chi connectivity index (χ1) is 23.1. The first kappa shape index (κ1) is 33.1. The summed E-state index contributed by atoms with van der Waals surface area (Å²) in [7, 11) is 1.72. The molecule has 1 fully saturated rings. The lowest BCUT2D eigenvalue weighted by atomic mass is 9.74. The van der Waals surface area contributed by atoms with Crippen molar-refractivity contribution in [1.29, 1.82) is 0 Å². The quantitative estimate of drug-likeness (QED) is 0.179. The Morgan fingerprint density at radius 2 is 1.79 bits per heavy atom. The number of rotatable bonds is 10. The van der Waals surface area contributed by atoms with Crippen LogP contribution in [0.2, 0.25) is 0 Å². The van der Waals surface area contributed by atoms with Gasteiger partial charge in [-0.3, -0.25) is 9.59 Å². The van der Waals surface area contributed by atoms with Crippen LogP contribution in [0.1, 0.15) is 79.5 Å². The van der Waals surface area contributed by atoms with Gasteiger partial charge in [0.1, 0.15) is 10.7 Å². The number of aromatic carboxylic acids is 1. The smallest absolute Gasteiger partial charge is 0.345 e. The Labute approximate surface area is 284 Å². The second kappa shape index (κ2) is 13.7. The van der Waals surface area contributed by atoms with Crippen LogP contribution in [0.4, 0.5) is 17.2 Å². The minimum absolute atomic E-state index is 0.150. The van der Waals surface area contributed by atoms with E-state index in [1.807, 2.05) is 50.2 Å². The molecule has 48 heavy (non-hydrogen) atoms. The highest BCUT2D eigenvalue weighted by atomic mass is 32.1. The number of aromatic nitrogens is 1. The Bertz CT molecular complexity index is 1890. The predicted octanol–water partition coefficient (Wildman–Crippen LogP) is 7.64. The minimum atomic E-state index is -0.946. The molecule has 6 rings (SSSR count). The minimum Gasteiger partial charge on any atom is -0.477 e. The van der Waals surface area contributed by atoms with Crippen LogP contribution in [0, 0.1) is 12.3 Å². The highest BCUT2D eigenvalue weighted by Crippen LogP contribution is 2.42. The molecule has 0 saturated carbocycles. The lowest BCUT2D eigenvalue weighted by Gasteiger charge is -2.51. The number of hydrogen-bond donors (Lipinski definition) is 2. The highest BCUT2D eigenvalue weighted by Gasteiger charge is 2.42. The molecule has 2 aliphatic heterocycles. The summed E-state index contributed by atoms with van der Waals surface area (Å²) >= 11 is 1.25. The van der Waals surface area contributed by atoms with Crippen molar-refractivity contribution in [3.8, 4) is 0 Å². The first-order valence-electron chi connectivity index (χ1n) is 16.2. The topological polar surface area (TPSA) is 112 Å². The van der Waals surface area contributed by atoms with E-state index in [1.54, 1.807) is 48.5 Å². The lowest BCUT2D eigenvalue weighted by molar-refractivity contribution is 0.0701. The fourth-order valence-corrected chi connectivity index (χ4v) is 7.65. The molecule has 2 aromatic carbocycles. The number of fused-ring (bicyclic) bond motifs is 1. The van der Waals surface area contributed by atoms with Gasteiger partial charge >= 0.3 is 5.97 Å². The van der Waals surface area contributed by atoms with Crippen LogP contribution in [0.5, 0.6) is 0 Å². The molecule has 4 aromatic rings. The number of nitrogens with zero attached hydrogens (tertiary/aromatic N) is 3. The maximum Gasteiger partial charge on any atom is 0.345 e. The van der Waals surface area contributed by atoms with Gasteiger partial charge in [0.25, 0.3) is 11.8 Å². The number of amides is 2. The Balaban J connectivity index is 1.18. The molecule has 2 amide bonds. The highest BCUT2D eigenvalue weighted by molar-refractivity contribution is 7.15. The van der Waals surface area contributed by atoms with Gasteiger partial charge < -0.3 is 25.0 Å². The van der Waals surface area contributed by atoms with Crippen LogP contribution in [-0.4, -0.2) is 61.2 Å². The van der Waals surface area contributed by atoms with Crippen LogP contribution >= 0.6 is 11.3 Å². The number of carboxylic acids is 1. The summed E-state index contributed by atoms with van der Waals surface area (Å²) in [4.78, 5) is 48.9. The largest absolute Gasteiger partial charge is 0.477 e. The van der Waals surface area contributed by atoms with E-state index in [2.05, 4.69) is 22.1 Å². The number of ether oxygens (including phenoxy) is 1. The van der Waals surface area contributed by atoms with Crippen LogP contribution in [-0.2, 0) is 4.74 Å². The van der Waals surface area contributed by atoms with Crippen molar-refractivity contribution in [2.45, 2.75) is 40.0 Å². The first-order valence-corrected chi connectivity index (χ1v) is 17.0. The maximum atomic E-state index is 14.0. The summed E-state index contributed by atoms with van der Waals surface area (Å²) in [5.41, 5.74) is 6.47. The Hall–Kier alpha value is -4.80. The molecule has 248 valence electrons. The lowest BCUT2D eigenvalue weighted by Crippen LogP contribution is -2.57. The van der Waals surface area contributed by atoms with E-state index in [9.17, 15) is 19.5 Å². The van der Waals surface area contributed by atoms with Gasteiger partial charge in [0.05, 0.1) is 11.3 Å². The molecule has 1 saturated heterocycles.